The van der Waals surface area contributed by atoms with Gasteiger partial charge in [0.05, 0.1) is 13.1 Å². The maximum Gasteiger partial charge on any atom is 0.227 e. The van der Waals surface area contributed by atoms with E-state index in [1.807, 2.05) is 6.07 Å². The van der Waals surface area contributed by atoms with Crippen molar-refractivity contribution in [1.82, 2.24) is 9.80 Å². The zero-order chi connectivity index (χ0) is 20.1. The van der Waals surface area contributed by atoms with Crippen molar-refractivity contribution in [3.8, 4) is 5.75 Å². The lowest BCUT2D eigenvalue weighted by Gasteiger charge is -2.35. The average Bonchev–Trinajstić information content (AvgIpc) is 3.01. The van der Waals surface area contributed by atoms with E-state index < -0.39 is 0 Å². The highest BCUT2D eigenvalue weighted by Crippen LogP contribution is 2.21. The molecule has 2 saturated heterocycles. The minimum atomic E-state index is -0.334. The molecule has 29 heavy (non-hydrogen) atoms. The summed E-state index contributed by atoms with van der Waals surface area (Å²) in [5, 5.41) is 10.3. The number of aromatic hydroxyl groups is 1. The number of anilines is 1. The Bertz CT molecular complexity index is 836. The number of rotatable bonds is 5. The van der Waals surface area contributed by atoms with E-state index in [0.29, 0.717) is 24.6 Å². The molecule has 1 aromatic carbocycles. The topological polar surface area (TPSA) is 60.2 Å². The Morgan fingerprint density at radius 1 is 0.828 bits per heavy atom. The van der Waals surface area contributed by atoms with Crippen molar-refractivity contribution >= 4 is 5.69 Å². The Morgan fingerprint density at radius 3 is 2.17 bits per heavy atom. The van der Waals surface area contributed by atoms with Crippen LogP contribution >= 0.6 is 0 Å². The summed E-state index contributed by atoms with van der Waals surface area (Å²) in [4.78, 5) is 19.3. The number of nitrogens with zero attached hydrogens (tertiary/aromatic N) is 3. The van der Waals surface area contributed by atoms with Crippen molar-refractivity contribution in [2.24, 2.45) is 0 Å². The first-order valence-corrected chi connectivity index (χ1v) is 10.8. The molecule has 0 radical (unpaired) electrons. The van der Waals surface area contributed by atoms with Crippen LogP contribution in [-0.2, 0) is 13.1 Å². The zero-order valence-corrected chi connectivity index (χ0v) is 17.1. The van der Waals surface area contributed by atoms with Gasteiger partial charge in [0.25, 0.3) is 0 Å². The van der Waals surface area contributed by atoms with Crippen LogP contribution in [0, 0.1) is 0 Å². The molecular weight excluding hydrogens is 366 g/mol. The van der Waals surface area contributed by atoms with Gasteiger partial charge in [0.1, 0.15) is 5.76 Å². The second-order valence-electron chi connectivity index (χ2n) is 8.14. The van der Waals surface area contributed by atoms with Gasteiger partial charge in [0.2, 0.25) is 11.2 Å². The first-order chi connectivity index (χ1) is 14.2. The van der Waals surface area contributed by atoms with Crippen molar-refractivity contribution in [3.63, 3.8) is 0 Å². The summed E-state index contributed by atoms with van der Waals surface area (Å²) < 4.78 is 6.00. The predicted octanol–water partition coefficient (Wildman–Crippen LogP) is 3.04. The number of piperazine rings is 1. The monoisotopic (exact) mass is 397 g/mol. The minimum absolute atomic E-state index is 0.241. The molecule has 0 aliphatic carbocycles. The second-order valence-corrected chi connectivity index (χ2v) is 8.14. The van der Waals surface area contributed by atoms with Gasteiger partial charge >= 0.3 is 0 Å². The molecule has 0 unspecified atom stereocenters. The van der Waals surface area contributed by atoms with E-state index in [2.05, 4.69) is 39.0 Å². The van der Waals surface area contributed by atoms with E-state index in [9.17, 15) is 9.90 Å². The van der Waals surface area contributed by atoms with Gasteiger partial charge < -0.3 is 14.4 Å². The van der Waals surface area contributed by atoms with E-state index in [4.69, 9.17) is 4.42 Å². The Balaban J connectivity index is 1.39. The number of hydrogen-bond acceptors (Lipinski definition) is 6. The van der Waals surface area contributed by atoms with Gasteiger partial charge in [0.15, 0.2) is 5.76 Å². The van der Waals surface area contributed by atoms with E-state index >= 15 is 0 Å². The van der Waals surface area contributed by atoms with E-state index in [1.165, 1.54) is 37.4 Å². The fourth-order valence-electron chi connectivity index (χ4n) is 4.29. The minimum Gasteiger partial charge on any atom is -0.502 e. The summed E-state index contributed by atoms with van der Waals surface area (Å²) in [6.45, 7) is 6.78. The highest BCUT2D eigenvalue weighted by atomic mass is 16.4. The molecule has 2 aromatic rings. The Morgan fingerprint density at radius 2 is 1.48 bits per heavy atom. The van der Waals surface area contributed by atoms with Gasteiger partial charge in [-0.2, -0.15) is 0 Å². The van der Waals surface area contributed by atoms with Crippen LogP contribution in [0.3, 0.4) is 0 Å². The molecule has 2 fully saturated rings. The average molecular weight is 398 g/mol. The molecule has 0 atom stereocenters. The van der Waals surface area contributed by atoms with Gasteiger partial charge in [-0.05, 0) is 38.1 Å². The van der Waals surface area contributed by atoms with Crippen molar-refractivity contribution in [2.45, 2.75) is 38.8 Å². The lowest BCUT2D eigenvalue weighted by atomic mass is 10.2. The molecule has 1 aromatic heterocycles. The Kier molecular flexibility index (Phi) is 6.52. The fourth-order valence-corrected chi connectivity index (χ4v) is 4.29. The van der Waals surface area contributed by atoms with Crippen molar-refractivity contribution < 1.29 is 9.52 Å². The number of benzene rings is 1. The van der Waals surface area contributed by atoms with Gasteiger partial charge in [-0.25, -0.2) is 0 Å². The molecule has 0 saturated carbocycles. The SMILES string of the molecule is O=c1cc(CN2CCCCCC2)oc(CN2CCN(c3ccccc3)CC2)c1O. The Hall–Kier alpha value is -2.31. The first-order valence-electron chi connectivity index (χ1n) is 10.8. The molecule has 3 heterocycles. The molecule has 0 amide bonds. The number of likely N-dealkylation sites (tertiary alicyclic amines) is 1. The van der Waals surface area contributed by atoms with Crippen LogP contribution in [0.15, 0.2) is 45.6 Å². The van der Waals surface area contributed by atoms with Crippen LogP contribution in [0.5, 0.6) is 5.75 Å². The van der Waals surface area contributed by atoms with E-state index in [0.717, 1.165) is 39.3 Å². The van der Waals surface area contributed by atoms with Gasteiger partial charge in [-0.15, -0.1) is 0 Å². The summed E-state index contributed by atoms with van der Waals surface area (Å²) in [6, 6.07) is 11.9. The summed E-state index contributed by atoms with van der Waals surface area (Å²) in [5.74, 6) is 0.818. The largest absolute Gasteiger partial charge is 0.502 e. The number of hydrogen-bond donors (Lipinski definition) is 1. The summed E-state index contributed by atoms with van der Waals surface area (Å²) in [6.07, 6.45) is 4.94. The quantitative estimate of drug-likeness (QED) is 0.837. The first kappa shape index (κ1) is 20.0. The van der Waals surface area contributed by atoms with Gasteiger partial charge in [0, 0.05) is 37.9 Å². The van der Waals surface area contributed by atoms with Crippen LogP contribution in [0.2, 0.25) is 0 Å². The highest BCUT2D eigenvalue weighted by molar-refractivity contribution is 5.46. The molecular formula is C23H31N3O3. The predicted molar refractivity (Wildman–Crippen MR) is 114 cm³/mol. The number of para-hydroxylation sites is 1. The fraction of sp³-hybridized carbons (Fsp3) is 0.522. The molecule has 1 N–H and O–H groups in total. The van der Waals surface area contributed by atoms with Crippen LogP contribution in [0.25, 0.3) is 0 Å². The van der Waals surface area contributed by atoms with Crippen LogP contribution in [-0.4, -0.2) is 54.2 Å². The van der Waals surface area contributed by atoms with Crippen molar-refractivity contribution in [3.05, 3.63) is 58.1 Å². The Labute approximate surface area is 172 Å². The second kappa shape index (κ2) is 9.46. The molecule has 4 rings (SSSR count). The van der Waals surface area contributed by atoms with Crippen LogP contribution in [0.4, 0.5) is 5.69 Å². The normalized spacial score (nSPS) is 19.2. The third-order valence-electron chi connectivity index (χ3n) is 5.98. The van der Waals surface area contributed by atoms with Gasteiger partial charge in [-0.3, -0.25) is 14.6 Å². The van der Waals surface area contributed by atoms with E-state index in [1.54, 1.807) is 0 Å². The molecule has 2 aliphatic rings. The molecule has 6 heteroatoms. The lowest BCUT2D eigenvalue weighted by Crippen LogP contribution is -2.46. The summed E-state index contributed by atoms with van der Waals surface area (Å²) in [7, 11) is 0. The third kappa shape index (κ3) is 5.19. The summed E-state index contributed by atoms with van der Waals surface area (Å²) in [5.41, 5.74) is 0.903. The third-order valence-corrected chi connectivity index (χ3v) is 5.98. The molecule has 2 aliphatic heterocycles. The standard InChI is InChI=1S/C23H31N3O3/c27-21-16-20(17-24-10-6-1-2-7-11-24)29-22(23(21)28)18-25-12-14-26(15-13-25)19-8-4-3-5-9-19/h3-5,8-9,16,28H,1-2,6-7,10-15,17-18H2. The molecule has 6 nitrogen and oxygen atoms in total. The highest BCUT2D eigenvalue weighted by Gasteiger charge is 2.21. The van der Waals surface area contributed by atoms with Crippen LogP contribution in [0.1, 0.15) is 37.2 Å². The van der Waals surface area contributed by atoms with Gasteiger partial charge in [-0.1, -0.05) is 31.0 Å². The van der Waals surface area contributed by atoms with Crippen molar-refractivity contribution in [2.75, 3.05) is 44.2 Å². The summed E-state index contributed by atoms with van der Waals surface area (Å²) >= 11 is 0. The zero-order valence-electron chi connectivity index (χ0n) is 17.1. The maximum absolute atomic E-state index is 12.3. The smallest absolute Gasteiger partial charge is 0.227 e. The molecule has 0 bridgehead atoms. The lowest BCUT2D eigenvalue weighted by molar-refractivity contribution is 0.205. The maximum atomic E-state index is 12.3. The van der Waals surface area contributed by atoms with Crippen LogP contribution < -0.4 is 10.3 Å². The van der Waals surface area contributed by atoms with Crippen molar-refractivity contribution in [1.29, 1.82) is 0 Å². The van der Waals surface area contributed by atoms with E-state index in [-0.39, 0.29) is 11.2 Å². The molecule has 156 valence electrons. The molecule has 0 spiro atoms.